The number of hydrogen-bond acceptors (Lipinski definition) is 4. The molecule has 0 bridgehead atoms. The van der Waals surface area contributed by atoms with Gasteiger partial charge in [-0.05, 0) is 31.2 Å². The van der Waals surface area contributed by atoms with E-state index in [1.165, 1.54) is 0 Å². The van der Waals surface area contributed by atoms with Gasteiger partial charge in [0.05, 0.1) is 12.7 Å². The van der Waals surface area contributed by atoms with Crippen molar-refractivity contribution in [3.05, 3.63) is 53.1 Å². The van der Waals surface area contributed by atoms with Gasteiger partial charge in [0, 0.05) is 23.2 Å². The van der Waals surface area contributed by atoms with Gasteiger partial charge in [-0.3, -0.25) is 4.79 Å². The topological polar surface area (TPSA) is 59.6 Å². The number of amides is 1. The number of methoxy groups -OCH3 is 1. The number of anilines is 1. The van der Waals surface area contributed by atoms with Crippen LogP contribution in [0.5, 0.6) is 11.5 Å². The van der Waals surface area contributed by atoms with Crippen molar-refractivity contribution in [2.24, 2.45) is 0 Å². The first-order chi connectivity index (χ1) is 11.2. The van der Waals surface area contributed by atoms with Gasteiger partial charge in [-0.25, -0.2) is 0 Å². The minimum absolute atomic E-state index is 0.0961. The SMILES string of the molecule is COc1cc2c(cc1[C@@H]1NC(=O)c3ccccc3N1)O[C@@H](C)C2. The zero-order chi connectivity index (χ0) is 16.0. The number of benzene rings is 2. The Balaban J connectivity index is 1.74. The van der Waals surface area contributed by atoms with Gasteiger partial charge < -0.3 is 20.1 Å². The number of nitrogens with one attached hydrogen (secondary N) is 2. The number of rotatable bonds is 2. The average molecular weight is 310 g/mol. The fraction of sp³-hybridized carbons (Fsp3) is 0.278. The fourth-order valence-corrected chi connectivity index (χ4v) is 3.22. The predicted octanol–water partition coefficient (Wildman–Crippen LogP) is 2.87. The summed E-state index contributed by atoms with van der Waals surface area (Å²) in [5, 5.41) is 6.33. The van der Waals surface area contributed by atoms with Crippen LogP contribution in [0.4, 0.5) is 5.69 Å². The van der Waals surface area contributed by atoms with E-state index in [2.05, 4.69) is 10.6 Å². The van der Waals surface area contributed by atoms with E-state index in [0.29, 0.717) is 5.56 Å². The van der Waals surface area contributed by atoms with Crippen LogP contribution in [0, 0.1) is 0 Å². The van der Waals surface area contributed by atoms with Gasteiger partial charge in [-0.1, -0.05) is 12.1 Å². The molecule has 2 aromatic carbocycles. The first-order valence-corrected chi connectivity index (χ1v) is 7.69. The summed E-state index contributed by atoms with van der Waals surface area (Å²) in [5.74, 6) is 1.52. The molecule has 2 heterocycles. The molecule has 118 valence electrons. The van der Waals surface area contributed by atoms with Crippen LogP contribution in [0.25, 0.3) is 0 Å². The number of ether oxygens (including phenoxy) is 2. The summed E-state index contributed by atoms with van der Waals surface area (Å²) in [6.45, 7) is 2.04. The summed E-state index contributed by atoms with van der Waals surface area (Å²) in [6.07, 6.45) is 0.691. The summed E-state index contributed by atoms with van der Waals surface area (Å²) < 4.78 is 11.4. The highest BCUT2D eigenvalue weighted by atomic mass is 16.5. The second-order valence-corrected chi connectivity index (χ2v) is 5.93. The van der Waals surface area contributed by atoms with Crippen LogP contribution in [-0.4, -0.2) is 19.1 Å². The lowest BCUT2D eigenvalue weighted by atomic mass is 10.0. The Hall–Kier alpha value is -2.69. The standard InChI is InChI=1S/C18H18N2O3/c1-10-7-11-8-16(22-2)13(9-15(11)23-10)17-19-14-6-4-3-5-12(14)18(21)20-17/h3-6,8-10,17,19H,7H2,1-2H3,(H,20,21)/t10-,17-/m0/s1. The third kappa shape index (κ3) is 2.29. The van der Waals surface area contributed by atoms with Gasteiger partial charge in [-0.2, -0.15) is 0 Å². The van der Waals surface area contributed by atoms with Crippen molar-refractivity contribution < 1.29 is 14.3 Å². The maximum Gasteiger partial charge on any atom is 0.255 e. The molecule has 4 rings (SSSR count). The van der Waals surface area contributed by atoms with Gasteiger partial charge in [-0.15, -0.1) is 0 Å². The Labute approximate surface area is 134 Å². The van der Waals surface area contributed by atoms with Gasteiger partial charge in [0.1, 0.15) is 23.8 Å². The molecule has 0 saturated heterocycles. The van der Waals surface area contributed by atoms with Gasteiger partial charge in [0.15, 0.2) is 0 Å². The van der Waals surface area contributed by atoms with Crippen molar-refractivity contribution >= 4 is 11.6 Å². The second kappa shape index (κ2) is 5.19. The monoisotopic (exact) mass is 310 g/mol. The van der Waals surface area contributed by atoms with E-state index in [0.717, 1.165) is 34.7 Å². The van der Waals surface area contributed by atoms with Crippen LogP contribution in [-0.2, 0) is 6.42 Å². The molecule has 2 atom stereocenters. The minimum atomic E-state index is -0.350. The molecule has 0 fully saturated rings. The Bertz CT molecular complexity index is 788. The zero-order valence-corrected chi connectivity index (χ0v) is 13.1. The molecule has 1 amide bonds. The molecule has 2 aliphatic rings. The van der Waals surface area contributed by atoms with E-state index < -0.39 is 0 Å². The lowest BCUT2D eigenvalue weighted by Gasteiger charge is -2.29. The number of carbonyl (C=O) groups is 1. The molecule has 0 unspecified atom stereocenters. The van der Waals surface area contributed by atoms with Gasteiger partial charge in [0.2, 0.25) is 0 Å². The molecule has 0 aromatic heterocycles. The average Bonchev–Trinajstić information content (AvgIpc) is 2.92. The van der Waals surface area contributed by atoms with E-state index in [1.54, 1.807) is 13.2 Å². The molecule has 0 radical (unpaired) electrons. The number of para-hydroxylation sites is 1. The lowest BCUT2D eigenvalue weighted by Crippen LogP contribution is -2.38. The van der Waals surface area contributed by atoms with E-state index in [1.807, 2.05) is 37.3 Å². The van der Waals surface area contributed by atoms with Crippen molar-refractivity contribution in [3.63, 3.8) is 0 Å². The largest absolute Gasteiger partial charge is 0.496 e. The highest BCUT2D eigenvalue weighted by Gasteiger charge is 2.29. The molecule has 2 aromatic rings. The third-order valence-electron chi connectivity index (χ3n) is 4.31. The van der Waals surface area contributed by atoms with Gasteiger partial charge >= 0.3 is 0 Å². The fourth-order valence-electron chi connectivity index (χ4n) is 3.22. The lowest BCUT2D eigenvalue weighted by molar-refractivity contribution is 0.0935. The van der Waals surface area contributed by atoms with Crippen LogP contribution in [0.15, 0.2) is 36.4 Å². The predicted molar refractivity (Wildman–Crippen MR) is 87.1 cm³/mol. The Morgan fingerprint density at radius 1 is 1.22 bits per heavy atom. The zero-order valence-electron chi connectivity index (χ0n) is 13.1. The molecule has 0 saturated carbocycles. The normalized spacial score (nSPS) is 21.6. The summed E-state index contributed by atoms with van der Waals surface area (Å²) >= 11 is 0. The minimum Gasteiger partial charge on any atom is -0.496 e. The summed E-state index contributed by atoms with van der Waals surface area (Å²) in [6, 6.07) is 11.4. The highest BCUT2D eigenvalue weighted by molar-refractivity contribution is 6.01. The molecule has 0 spiro atoms. The second-order valence-electron chi connectivity index (χ2n) is 5.93. The summed E-state index contributed by atoms with van der Waals surface area (Å²) in [5.41, 5.74) is 3.47. The van der Waals surface area contributed by atoms with Crippen LogP contribution >= 0.6 is 0 Å². The Morgan fingerprint density at radius 3 is 2.87 bits per heavy atom. The smallest absolute Gasteiger partial charge is 0.255 e. The Kier molecular flexibility index (Phi) is 3.15. The van der Waals surface area contributed by atoms with Crippen molar-refractivity contribution in [2.45, 2.75) is 25.6 Å². The number of hydrogen-bond donors (Lipinski definition) is 2. The molecule has 5 nitrogen and oxygen atoms in total. The van der Waals surface area contributed by atoms with E-state index in [4.69, 9.17) is 9.47 Å². The third-order valence-corrected chi connectivity index (χ3v) is 4.31. The molecular formula is C18H18N2O3. The van der Waals surface area contributed by atoms with Crippen molar-refractivity contribution in [1.82, 2.24) is 5.32 Å². The summed E-state index contributed by atoms with van der Waals surface area (Å²) in [4.78, 5) is 12.3. The van der Waals surface area contributed by atoms with Crippen LogP contribution in [0.3, 0.4) is 0 Å². The van der Waals surface area contributed by atoms with Crippen LogP contribution < -0.4 is 20.1 Å². The molecule has 2 aliphatic heterocycles. The maximum atomic E-state index is 12.3. The molecule has 5 heteroatoms. The molecular weight excluding hydrogens is 292 g/mol. The first-order valence-electron chi connectivity index (χ1n) is 7.69. The van der Waals surface area contributed by atoms with Crippen LogP contribution in [0.1, 0.15) is 34.6 Å². The maximum absolute atomic E-state index is 12.3. The Morgan fingerprint density at radius 2 is 2.04 bits per heavy atom. The number of fused-ring (bicyclic) bond motifs is 2. The molecule has 2 N–H and O–H groups in total. The van der Waals surface area contributed by atoms with Gasteiger partial charge in [0.25, 0.3) is 5.91 Å². The van der Waals surface area contributed by atoms with E-state index in [9.17, 15) is 4.79 Å². The first kappa shape index (κ1) is 13.9. The van der Waals surface area contributed by atoms with Crippen molar-refractivity contribution in [2.75, 3.05) is 12.4 Å². The highest BCUT2D eigenvalue weighted by Crippen LogP contribution is 2.39. The van der Waals surface area contributed by atoms with Crippen molar-refractivity contribution in [3.8, 4) is 11.5 Å². The van der Waals surface area contributed by atoms with Crippen LogP contribution in [0.2, 0.25) is 0 Å². The van der Waals surface area contributed by atoms with Crippen molar-refractivity contribution in [1.29, 1.82) is 0 Å². The number of carbonyl (C=O) groups excluding carboxylic acids is 1. The molecule has 23 heavy (non-hydrogen) atoms. The quantitative estimate of drug-likeness (QED) is 0.895. The summed E-state index contributed by atoms with van der Waals surface area (Å²) in [7, 11) is 1.64. The van der Waals surface area contributed by atoms with E-state index >= 15 is 0 Å². The van der Waals surface area contributed by atoms with E-state index in [-0.39, 0.29) is 18.2 Å². The molecule has 0 aliphatic carbocycles.